The fourth-order valence-electron chi connectivity index (χ4n) is 2.16. The fourth-order valence-corrected chi connectivity index (χ4v) is 3.12. The summed E-state index contributed by atoms with van der Waals surface area (Å²) >= 11 is 1.78. The van der Waals surface area contributed by atoms with Crippen LogP contribution in [0, 0.1) is 0 Å². The van der Waals surface area contributed by atoms with E-state index in [1.54, 1.807) is 11.3 Å². The van der Waals surface area contributed by atoms with E-state index in [4.69, 9.17) is 0 Å². The van der Waals surface area contributed by atoms with Gasteiger partial charge in [0.05, 0.1) is 13.1 Å². The third-order valence-electron chi connectivity index (χ3n) is 3.25. The first-order chi connectivity index (χ1) is 10.0. The highest BCUT2D eigenvalue weighted by molar-refractivity contribution is 7.17. The zero-order valence-corrected chi connectivity index (χ0v) is 13.4. The summed E-state index contributed by atoms with van der Waals surface area (Å²) in [4.78, 5) is 4.37. The molecule has 0 fully saturated rings. The van der Waals surface area contributed by atoms with E-state index in [0.29, 0.717) is 6.54 Å². The van der Waals surface area contributed by atoms with Crippen LogP contribution in [-0.2, 0) is 13.1 Å². The van der Waals surface area contributed by atoms with Gasteiger partial charge in [-0.15, -0.1) is 11.3 Å². The van der Waals surface area contributed by atoms with Gasteiger partial charge in [0, 0.05) is 10.2 Å². The van der Waals surface area contributed by atoms with Crippen molar-refractivity contribution >= 4 is 21.4 Å². The first-order valence-corrected chi connectivity index (χ1v) is 7.98. The Balaban J connectivity index is 1.72. The molecule has 1 N–H and O–H groups in total. The van der Waals surface area contributed by atoms with Gasteiger partial charge < -0.3 is 5.32 Å². The standard InChI is InChI=1S/C16H20N4S/c1-16(2,3)18-8-15-17-11-20(19-15)9-12-10-21-14-7-5-4-6-13(12)14/h4-7,10-11,18H,8-9H2,1-3H3. The van der Waals surface area contributed by atoms with Crippen molar-refractivity contribution in [2.45, 2.75) is 39.4 Å². The van der Waals surface area contributed by atoms with Crippen LogP contribution in [0.3, 0.4) is 0 Å². The number of thiophene rings is 1. The molecule has 3 aromatic rings. The van der Waals surface area contributed by atoms with Crippen molar-refractivity contribution in [2.24, 2.45) is 0 Å². The number of fused-ring (bicyclic) bond motifs is 1. The molecule has 0 unspecified atom stereocenters. The molecule has 5 heteroatoms. The molecule has 110 valence electrons. The Kier molecular flexibility index (Phi) is 3.78. The molecular weight excluding hydrogens is 280 g/mol. The Labute approximate surface area is 128 Å². The zero-order chi connectivity index (χ0) is 14.9. The second kappa shape index (κ2) is 5.58. The maximum Gasteiger partial charge on any atom is 0.164 e. The van der Waals surface area contributed by atoms with Crippen molar-refractivity contribution in [1.29, 1.82) is 0 Å². The number of nitrogens with zero attached hydrogens (tertiary/aromatic N) is 3. The fraction of sp³-hybridized carbons (Fsp3) is 0.375. The van der Waals surface area contributed by atoms with E-state index in [9.17, 15) is 0 Å². The Hall–Kier alpha value is -1.72. The largest absolute Gasteiger partial charge is 0.305 e. The molecule has 4 nitrogen and oxygen atoms in total. The van der Waals surface area contributed by atoms with Gasteiger partial charge >= 0.3 is 0 Å². The van der Waals surface area contributed by atoms with E-state index in [1.807, 2.05) is 11.0 Å². The molecule has 0 bridgehead atoms. The van der Waals surface area contributed by atoms with E-state index in [1.165, 1.54) is 15.6 Å². The molecule has 0 saturated heterocycles. The molecule has 1 aromatic carbocycles. The minimum atomic E-state index is 0.0784. The number of hydrogen-bond donors (Lipinski definition) is 1. The predicted octanol–water partition coefficient (Wildman–Crippen LogP) is 3.43. The SMILES string of the molecule is CC(C)(C)NCc1ncn(Cc2csc3ccccc23)n1. The second-order valence-corrected chi connectivity index (χ2v) is 7.13. The average molecular weight is 300 g/mol. The van der Waals surface area contributed by atoms with Gasteiger partial charge in [0.25, 0.3) is 0 Å². The van der Waals surface area contributed by atoms with Gasteiger partial charge in [-0.2, -0.15) is 5.10 Å². The third-order valence-corrected chi connectivity index (χ3v) is 4.27. The summed E-state index contributed by atoms with van der Waals surface area (Å²) in [6, 6.07) is 8.48. The molecule has 0 amide bonds. The highest BCUT2D eigenvalue weighted by Crippen LogP contribution is 2.25. The lowest BCUT2D eigenvalue weighted by atomic mass is 10.1. The van der Waals surface area contributed by atoms with Crippen LogP contribution in [0.25, 0.3) is 10.1 Å². The summed E-state index contributed by atoms with van der Waals surface area (Å²) in [6.45, 7) is 7.89. The summed E-state index contributed by atoms with van der Waals surface area (Å²) in [5.41, 5.74) is 1.38. The topological polar surface area (TPSA) is 42.7 Å². The highest BCUT2D eigenvalue weighted by atomic mass is 32.1. The van der Waals surface area contributed by atoms with Crippen LogP contribution in [0.2, 0.25) is 0 Å². The summed E-state index contributed by atoms with van der Waals surface area (Å²) < 4.78 is 3.23. The van der Waals surface area contributed by atoms with Gasteiger partial charge in [0.1, 0.15) is 6.33 Å². The number of aromatic nitrogens is 3. The minimum absolute atomic E-state index is 0.0784. The number of benzene rings is 1. The Morgan fingerprint density at radius 2 is 2.05 bits per heavy atom. The lowest BCUT2D eigenvalue weighted by Gasteiger charge is -2.19. The normalized spacial score (nSPS) is 12.1. The van der Waals surface area contributed by atoms with Crippen LogP contribution in [0.5, 0.6) is 0 Å². The van der Waals surface area contributed by atoms with Gasteiger partial charge in [-0.05, 0) is 43.2 Å². The van der Waals surface area contributed by atoms with Gasteiger partial charge in [-0.25, -0.2) is 9.67 Å². The average Bonchev–Trinajstić information content (AvgIpc) is 3.04. The number of hydrogen-bond acceptors (Lipinski definition) is 4. The molecule has 0 aliphatic carbocycles. The van der Waals surface area contributed by atoms with Crippen molar-refractivity contribution < 1.29 is 0 Å². The van der Waals surface area contributed by atoms with E-state index in [2.05, 4.69) is 65.8 Å². The van der Waals surface area contributed by atoms with E-state index >= 15 is 0 Å². The molecule has 3 rings (SSSR count). The second-order valence-electron chi connectivity index (χ2n) is 6.22. The van der Waals surface area contributed by atoms with Crippen molar-refractivity contribution in [3.63, 3.8) is 0 Å². The van der Waals surface area contributed by atoms with Crippen molar-refractivity contribution in [3.05, 3.63) is 47.4 Å². The maximum absolute atomic E-state index is 4.54. The molecule has 21 heavy (non-hydrogen) atoms. The van der Waals surface area contributed by atoms with Crippen molar-refractivity contribution in [3.8, 4) is 0 Å². The maximum atomic E-state index is 4.54. The van der Waals surface area contributed by atoms with Gasteiger partial charge in [0.2, 0.25) is 0 Å². The minimum Gasteiger partial charge on any atom is -0.305 e. The number of nitrogens with one attached hydrogen (secondary N) is 1. The molecule has 0 aliphatic rings. The van der Waals surface area contributed by atoms with Crippen LogP contribution < -0.4 is 5.32 Å². The van der Waals surface area contributed by atoms with Gasteiger partial charge in [-0.3, -0.25) is 0 Å². The van der Waals surface area contributed by atoms with E-state index < -0.39 is 0 Å². The Morgan fingerprint density at radius 3 is 2.86 bits per heavy atom. The number of rotatable bonds is 4. The summed E-state index contributed by atoms with van der Waals surface area (Å²) in [5.74, 6) is 0.837. The predicted molar refractivity (Wildman–Crippen MR) is 87.5 cm³/mol. The van der Waals surface area contributed by atoms with Crippen molar-refractivity contribution in [1.82, 2.24) is 20.1 Å². The van der Waals surface area contributed by atoms with Gasteiger partial charge in [-0.1, -0.05) is 18.2 Å². The van der Waals surface area contributed by atoms with Crippen LogP contribution in [-0.4, -0.2) is 20.3 Å². The summed E-state index contributed by atoms with van der Waals surface area (Å²) in [5, 5.41) is 11.5. The zero-order valence-electron chi connectivity index (χ0n) is 12.6. The van der Waals surface area contributed by atoms with E-state index in [-0.39, 0.29) is 5.54 Å². The molecule has 0 aliphatic heterocycles. The van der Waals surface area contributed by atoms with Crippen LogP contribution in [0.4, 0.5) is 0 Å². The smallest absolute Gasteiger partial charge is 0.164 e. The molecule has 0 saturated carbocycles. The van der Waals surface area contributed by atoms with E-state index in [0.717, 1.165) is 12.4 Å². The van der Waals surface area contributed by atoms with Gasteiger partial charge in [0.15, 0.2) is 5.82 Å². The molecule has 0 spiro atoms. The monoisotopic (exact) mass is 300 g/mol. The highest BCUT2D eigenvalue weighted by Gasteiger charge is 2.11. The first kappa shape index (κ1) is 14.2. The quantitative estimate of drug-likeness (QED) is 0.802. The first-order valence-electron chi connectivity index (χ1n) is 7.10. The lowest BCUT2D eigenvalue weighted by Crippen LogP contribution is -2.35. The molecule has 2 aromatic heterocycles. The Morgan fingerprint density at radius 1 is 1.24 bits per heavy atom. The Bertz CT molecular complexity index is 736. The molecule has 0 atom stereocenters. The summed E-state index contributed by atoms with van der Waals surface area (Å²) in [7, 11) is 0. The lowest BCUT2D eigenvalue weighted by molar-refractivity contribution is 0.417. The molecule has 2 heterocycles. The van der Waals surface area contributed by atoms with Crippen molar-refractivity contribution in [2.75, 3.05) is 0 Å². The summed E-state index contributed by atoms with van der Waals surface area (Å²) in [6.07, 6.45) is 1.81. The molecular formula is C16H20N4S. The third kappa shape index (κ3) is 3.49. The van der Waals surface area contributed by atoms with Crippen LogP contribution in [0.1, 0.15) is 32.2 Å². The van der Waals surface area contributed by atoms with Crippen LogP contribution in [0.15, 0.2) is 36.0 Å². The molecule has 0 radical (unpaired) electrons. The van der Waals surface area contributed by atoms with Crippen LogP contribution >= 0.6 is 11.3 Å².